The van der Waals surface area contributed by atoms with Crippen molar-refractivity contribution in [2.75, 3.05) is 5.32 Å². The molecule has 0 spiro atoms. The number of rotatable bonds is 4. The summed E-state index contributed by atoms with van der Waals surface area (Å²) in [6.45, 7) is 0. The lowest BCUT2D eigenvalue weighted by molar-refractivity contribution is -0.121. The molecule has 0 unspecified atom stereocenters. The fourth-order valence-electron chi connectivity index (χ4n) is 3.54. The molecule has 7 nitrogen and oxygen atoms in total. The molecule has 0 bridgehead atoms. The van der Waals surface area contributed by atoms with Crippen LogP contribution in [-0.4, -0.2) is 21.6 Å². The number of anilines is 1. The van der Waals surface area contributed by atoms with Crippen LogP contribution in [0.1, 0.15) is 17.9 Å². The molecule has 0 saturated heterocycles. The second-order valence-electron chi connectivity index (χ2n) is 7.30. The summed E-state index contributed by atoms with van der Waals surface area (Å²) >= 11 is 0. The van der Waals surface area contributed by atoms with Crippen LogP contribution >= 0.6 is 0 Å². The van der Waals surface area contributed by atoms with Gasteiger partial charge in [-0.3, -0.25) is 14.4 Å². The van der Waals surface area contributed by atoms with Crippen molar-refractivity contribution in [2.45, 2.75) is 12.3 Å². The van der Waals surface area contributed by atoms with Gasteiger partial charge in [-0.2, -0.15) is 5.10 Å². The molecule has 2 N–H and O–H groups in total. The Bertz CT molecular complexity index is 1300. The quantitative estimate of drug-likeness (QED) is 0.658. The fraction of sp³-hybridized carbons (Fsp3) is 0.130. The third-order valence-electron chi connectivity index (χ3n) is 5.22. The zero-order valence-corrected chi connectivity index (χ0v) is 16.9. The largest absolute Gasteiger partial charge is 0.332 e. The van der Waals surface area contributed by atoms with Gasteiger partial charge in [0.15, 0.2) is 0 Å². The van der Waals surface area contributed by atoms with E-state index < -0.39 is 23.5 Å². The lowest BCUT2D eigenvalue weighted by atomic mass is 9.86. The van der Waals surface area contributed by atoms with Crippen molar-refractivity contribution in [2.24, 2.45) is 7.05 Å². The maximum atomic E-state index is 14.5. The molecule has 1 aliphatic rings. The van der Waals surface area contributed by atoms with Gasteiger partial charge in [-0.05, 0) is 41.5 Å². The van der Waals surface area contributed by atoms with Crippen LogP contribution in [-0.2, 0) is 16.6 Å². The Kier molecular flexibility index (Phi) is 5.63. The third-order valence-corrected chi connectivity index (χ3v) is 5.22. The molecule has 0 aliphatic carbocycles. The summed E-state index contributed by atoms with van der Waals surface area (Å²) in [5.74, 6) is -2.67. The highest BCUT2D eigenvalue weighted by molar-refractivity contribution is 6.06. The van der Waals surface area contributed by atoms with E-state index in [1.54, 1.807) is 0 Å². The Morgan fingerprint density at radius 2 is 1.88 bits per heavy atom. The van der Waals surface area contributed by atoms with E-state index in [2.05, 4.69) is 15.7 Å². The Labute approximate surface area is 181 Å². The van der Waals surface area contributed by atoms with Crippen LogP contribution in [0, 0.1) is 11.6 Å². The molecule has 0 fully saturated rings. The van der Waals surface area contributed by atoms with Crippen LogP contribution in [0.4, 0.5) is 14.5 Å². The minimum absolute atomic E-state index is 0.0134. The number of nitrogens with one attached hydrogen (secondary N) is 2. The van der Waals surface area contributed by atoms with E-state index in [0.717, 1.165) is 10.7 Å². The first-order chi connectivity index (χ1) is 15.3. The molecule has 0 radical (unpaired) electrons. The average Bonchev–Trinajstić information content (AvgIpc) is 2.77. The Hall–Kier alpha value is -4.14. The summed E-state index contributed by atoms with van der Waals surface area (Å²) in [6, 6.07) is 10.9. The maximum absolute atomic E-state index is 14.5. The van der Waals surface area contributed by atoms with E-state index in [0.29, 0.717) is 16.7 Å². The number of aromatic nitrogens is 2. The van der Waals surface area contributed by atoms with E-state index >= 15 is 0 Å². The van der Waals surface area contributed by atoms with Crippen molar-refractivity contribution < 1.29 is 18.4 Å². The van der Waals surface area contributed by atoms with Crippen molar-refractivity contribution in [1.82, 2.24) is 15.1 Å². The van der Waals surface area contributed by atoms with E-state index in [-0.39, 0.29) is 29.1 Å². The smallest absolute Gasteiger partial charge is 0.274 e. The van der Waals surface area contributed by atoms with Crippen molar-refractivity contribution in [1.29, 1.82) is 0 Å². The number of hydrogen-bond acceptors (Lipinski definition) is 4. The van der Waals surface area contributed by atoms with Gasteiger partial charge in [-0.25, -0.2) is 13.5 Å². The van der Waals surface area contributed by atoms with Crippen LogP contribution < -0.4 is 16.2 Å². The minimum Gasteiger partial charge on any atom is -0.332 e. The molecule has 2 aromatic carbocycles. The number of carbonyl (C=O) groups excluding carboxylic acids is 2. The number of carbonyl (C=O) groups is 2. The topological polar surface area (TPSA) is 93.1 Å². The molecule has 1 atom stereocenters. The molecule has 2 heterocycles. The predicted octanol–water partition coefficient (Wildman–Crippen LogP) is 2.85. The zero-order chi connectivity index (χ0) is 22.8. The molecular weight excluding hydrogens is 418 g/mol. The van der Waals surface area contributed by atoms with Crippen molar-refractivity contribution in [3.63, 3.8) is 0 Å². The maximum Gasteiger partial charge on any atom is 0.274 e. The summed E-state index contributed by atoms with van der Waals surface area (Å²) in [5.41, 5.74) is 0.988. The first-order valence-corrected chi connectivity index (χ1v) is 9.72. The van der Waals surface area contributed by atoms with E-state index in [1.807, 2.05) is 0 Å². The monoisotopic (exact) mass is 436 g/mol. The zero-order valence-electron chi connectivity index (χ0n) is 16.9. The van der Waals surface area contributed by atoms with Crippen LogP contribution in [0.2, 0.25) is 0 Å². The second-order valence-corrected chi connectivity index (χ2v) is 7.30. The van der Waals surface area contributed by atoms with Gasteiger partial charge in [0.25, 0.3) is 11.5 Å². The van der Waals surface area contributed by atoms with Gasteiger partial charge in [-0.1, -0.05) is 18.2 Å². The fourth-order valence-corrected chi connectivity index (χ4v) is 3.54. The lowest BCUT2D eigenvalue weighted by Gasteiger charge is -2.24. The molecule has 1 aromatic heterocycles. The van der Waals surface area contributed by atoms with Gasteiger partial charge in [0.05, 0.1) is 11.3 Å². The van der Waals surface area contributed by atoms with Crippen molar-refractivity contribution in [3.8, 4) is 11.1 Å². The molecule has 162 valence electrons. The number of halogens is 2. The van der Waals surface area contributed by atoms with Crippen molar-refractivity contribution >= 4 is 17.5 Å². The second kappa shape index (κ2) is 8.54. The van der Waals surface area contributed by atoms with Crippen LogP contribution in [0.15, 0.2) is 71.3 Å². The summed E-state index contributed by atoms with van der Waals surface area (Å²) in [5, 5.41) is 8.87. The van der Waals surface area contributed by atoms with Gasteiger partial charge in [0.2, 0.25) is 5.91 Å². The Balaban J connectivity index is 1.65. The summed E-state index contributed by atoms with van der Waals surface area (Å²) in [7, 11) is 1.50. The third kappa shape index (κ3) is 4.18. The highest BCUT2D eigenvalue weighted by atomic mass is 19.1. The molecule has 32 heavy (non-hydrogen) atoms. The Morgan fingerprint density at radius 1 is 1.12 bits per heavy atom. The number of aryl methyl sites for hydroxylation is 1. The van der Waals surface area contributed by atoms with Gasteiger partial charge in [-0.15, -0.1) is 0 Å². The standard InChI is InChI=1S/C23H18F2N4O3/c1-29-23(32)16(8-9-27-29)14-4-7-19(25)20(10-14)28-22(31)18-12-26-21(30)11-17(18)13-2-5-15(24)6-3-13/h2-10,12,17H,11H2,1H3,(H,26,30)(H,28,31)/t17-/m0/s1. The number of benzene rings is 2. The summed E-state index contributed by atoms with van der Waals surface area (Å²) < 4.78 is 28.9. The predicted molar refractivity (Wildman–Crippen MR) is 113 cm³/mol. The summed E-state index contributed by atoms with van der Waals surface area (Å²) in [6.07, 6.45) is 2.71. The Morgan fingerprint density at radius 3 is 2.62 bits per heavy atom. The molecule has 1 aliphatic heterocycles. The molecule has 2 amide bonds. The number of hydrogen-bond donors (Lipinski definition) is 2. The molecule has 0 saturated carbocycles. The SMILES string of the molecule is Cn1nccc(-c2ccc(F)c(NC(=O)C3=CNC(=O)C[C@H]3c3ccc(F)cc3)c2)c1=O. The molecule has 9 heteroatoms. The number of nitrogens with zero attached hydrogens (tertiary/aromatic N) is 2. The van der Waals surface area contributed by atoms with Gasteiger partial charge in [0, 0.05) is 37.4 Å². The molecule has 4 rings (SSSR count). The first kappa shape index (κ1) is 21.1. The van der Waals surface area contributed by atoms with E-state index in [4.69, 9.17) is 0 Å². The van der Waals surface area contributed by atoms with Gasteiger partial charge >= 0.3 is 0 Å². The minimum atomic E-state index is -0.688. The van der Waals surface area contributed by atoms with Crippen LogP contribution in [0.5, 0.6) is 0 Å². The average molecular weight is 436 g/mol. The summed E-state index contributed by atoms with van der Waals surface area (Å²) in [4.78, 5) is 37.2. The highest BCUT2D eigenvalue weighted by Crippen LogP contribution is 2.32. The van der Waals surface area contributed by atoms with Gasteiger partial charge < -0.3 is 10.6 Å². The van der Waals surface area contributed by atoms with Crippen LogP contribution in [0.3, 0.4) is 0 Å². The highest BCUT2D eigenvalue weighted by Gasteiger charge is 2.29. The van der Waals surface area contributed by atoms with Crippen molar-refractivity contribution in [3.05, 3.63) is 94.1 Å². The van der Waals surface area contributed by atoms with E-state index in [1.165, 1.54) is 61.9 Å². The van der Waals surface area contributed by atoms with Crippen LogP contribution in [0.25, 0.3) is 11.1 Å². The molecular formula is C23H18F2N4O3. The molecule has 3 aromatic rings. The van der Waals surface area contributed by atoms with Gasteiger partial charge in [0.1, 0.15) is 11.6 Å². The number of amides is 2. The normalized spacial score (nSPS) is 15.7. The first-order valence-electron chi connectivity index (χ1n) is 9.72. The van der Waals surface area contributed by atoms with E-state index in [9.17, 15) is 23.2 Å². The lowest BCUT2D eigenvalue weighted by Crippen LogP contribution is -2.32.